The molecular formula is C18H17FN4O. The van der Waals surface area contributed by atoms with Crippen LogP contribution in [0.4, 0.5) is 4.39 Å². The third-order valence-electron chi connectivity index (χ3n) is 3.59. The van der Waals surface area contributed by atoms with Crippen LogP contribution in [0.1, 0.15) is 22.0 Å². The Morgan fingerprint density at radius 3 is 2.54 bits per heavy atom. The number of amides is 1. The number of halogens is 1. The first-order chi connectivity index (χ1) is 11.6. The van der Waals surface area contributed by atoms with Gasteiger partial charge in [0.1, 0.15) is 11.6 Å². The molecule has 1 amide bonds. The summed E-state index contributed by atoms with van der Waals surface area (Å²) in [5, 5.41) is 7.02. The molecule has 0 aliphatic carbocycles. The minimum absolute atomic E-state index is 0.102. The number of hydrogen-bond acceptors (Lipinski definition) is 3. The van der Waals surface area contributed by atoms with Crippen molar-refractivity contribution in [3.63, 3.8) is 0 Å². The van der Waals surface area contributed by atoms with E-state index in [0.29, 0.717) is 18.1 Å². The van der Waals surface area contributed by atoms with Crippen LogP contribution >= 0.6 is 0 Å². The van der Waals surface area contributed by atoms with E-state index in [4.69, 9.17) is 0 Å². The van der Waals surface area contributed by atoms with Crippen molar-refractivity contribution in [1.29, 1.82) is 0 Å². The molecule has 0 bridgehead atoms. The van der Waals surface area contributed by atoms with Crippen LogP contribution in [-0.2, 0) is 6.42 Å². The van der Waals surface area contributed by atoms with Crippen LogP contribution in [0, 0.1) is 12.7 Å². The maximum Gasteiger partial charge on any atom is 0.290 e. The Morgan fingerprint density at radius 1 is 1.12 bits per heavy atom. The van der Waals surface area contributed by atoms with Crippen molar-refractivity contribution in [2.75, 3.05) is 6.54 Å². The summed E-state index contributed by atoms with van der Waals surface area (Å²) in [5.74, 6) is 0.0185. The number of aromatic nitrogens is 3. The number of benzene rings is 2. The summed E-state index contributed by atoms with van der Waals surface area (Å²) in [4.78, 5) is 16.4. The summed E-state index contributed by atoms with van der Waals surface area (Å²) in [6, 6.07) is 15.8. The topological polar surface area (TPSA) is 59.8 Å². The normalized spacial score (nSPS) is 10.6. The molecule has 3 rings (SSSR count). The van der Waals surface area contributed by atoms with Crippen molar-refractivity contribution in [1.82, 2.24) is 20.1 Å². The summed E-state index contributed by atoms with van der Waals surface area (Å²) in [6.07, 6.45) is 0.740. The Kier molecular flexibility index (Phi) is 4.65. The molecule has 0 aliphatic heterocycles. The lowest BCUT2D eigenvalue weighted by Gasteiger charge is -2.03. The Hall–Kier alpha value is -3.02. The van der Waals surface area contributed by atoms with Gasteiger partial charge in [-0.1, -0.05) is 30.3 Å². The Labute approximate surface area is 139 Å². The van der Waals surface area contributed by atoms with Crippen LogP contribution in [0.15, 0.2) is 54.6 Å². The van der Waals surface area contributed by atoms with Crippen LogP contribution in [0.5, 0.6) is 0 Å². The van der Waals surface area contributed by atoms with Crippen molar-refractivity contribution >= 4 is 5.91 Å². The lowest BCUT2D eigenvalue weighted by atomic mass is 10.1. The Bertz CT molecular complexity index is 828. The molecule has 6 heteroatoms. The second-order valence-corrected chi connectivity index (χ2v) is 5.36. The van der Waals surface area contributed by atoms with E-state index in [-0.39, 0.29) is 17.5 Å². The third-order valence-corrected chi connectivity index (χ3v) is 3.59. The highest BCUT2D eigenvalue weighted by Crippen LogP contribution is 2.10. The molecule has 1 N–H and O–H groups in total. The lowest BCUT2D eigenvalue weighted by molar-refractivity contribution is 0.0944. The molecule has 0 unspecified atom stereocenters. The highest BCUT2D eigenvalue weighted by molar-refractivity contribution is 5.90. The number of carbonyl (C=O) groups excluding carboxylic acids is 1. The molecule has 1 aromatic heterocycles. The second-order valence-electron chi connectivity index (χ2n) is 5.36. The zero-order valence-corrected chi connectivity index (χ0v) is 13.2. The predicted molar refractivity (Wildman–Crippen MR) is 88.5 cm³/mol. The van der Waals surface area contributed by atoms with Crippen molar-refractivity contribution in [2.24, 2.45) is 0 Å². The number of aryl methyl sites for hydroxylation is 1. The molecule has 3 aromatic rings. The van der Waals surface area contributed by atoms with Gasteiger partial charge in [0.25, 0.3) is 5.91 Å². The quantitative estimate of drug-likeness (QED) is 0.785. The number of nitrogens with one attached hydrogen (secondary N) is 1. The summed E-state index contributed by atoms with van der Waals surface area (Å²) >= 11 is 0. The lowest BCUT2D eigenvalue weighted by Crippen LogP contribution is -2.26. The first-order valence-electron chi connectivity index (χ1n) is 7.65. The van der Waals surface area contributed by atoms with Crippen molar-refractivity contribution in [2.45, 2.75) is 13.3 Å². The van der Waals surface area contributed by atoms with Crippen LogP contribution < -0.4 is 5.32 Å². The molecule has 0 radical (unpaired) electrons. The minimum atomic E-state index is -0.324. The third kappa shape index (κ3) is 3.65. The molecular weight excluding hydrogens is 307 g/mol. The highest BCUT2D eigenvalue weighted by atomic mass is 19.1. The first-order valence-corrected chi connectivity index (χ1v) is 7.65. The molecule has 122 valence electrons. The van der Waals surface area contributed by atoms with Gasteiger partial charge in [0.2, 0.25) is 5.82 Å². The average molecular weight is 324 g/mol. The van der Waals surface area contributed by atoms with E-state index < -0.39 is 0 Å². The summed E-state index contributed by atoms with van der Waals surface area (Å²) in [7, 11) is 0. The monoisotopic (exact) mass is 324 g/mol. The van der Waals surface area contributed by atoms with E-state index in [0.717, 1.165) is 12.0 Å². The first kappa shape index (κ1) is 15.9. The number of nitrogens with zero attached hydrogens (tertiary/aromatic N) is 3. The minimum Gasteiger partial charge on any atom is -0.349 e. The predicted octanol–water partition coefficient (Wildman–Crippen LogP) is 2.69. The molecule has 2 aromatic carbocycles. The SMILES string of the molecule is Cc1nc(C(=O)NCCc2ccccc2)nn1-c1ccc(F)cc1. The average Bonchev–Trinajstić information content (AvgIpc) is 2.98. The zero-order valence-electron chi connectivity index (χ0n) is 13.2. The molecule has 0 saturated heterocycles. The van der Waals surface area contributed by atoms with E-state index in [2.05, 4.69) is 15.4 Å². The van der Waals surface area contributed by atoms with Crippen LogP contribution in [-0.4, -0.2) is 27.2 Å². The number of rotatable bonds is 5. The van der Waals surface area contributed by atoms with E-state index in [1.54, 1.807) is 19.1 Å². The fraction of sp³-hybridized carbons (Fsp3) is 0.167. The van der Waals surface area contributed by atoms with Gasteiger partial charge in [-0.3, -0.25) is 4.79 Å². The molecule has 5 nitrogen and oxygen atoms in total. The zero-order chi connectivity index (χ0) is 16.9. The molecule has 0 aliphatic rings. The van der Waals surface area contributed by atoms with Gasteiger partial charge in [0.15, 0.2) is 0 Å². The van der Waals surface area contributed by atoms with Gasteiger partial charge in [-0.25, -0.2) is 14.1 Å². The largest absolute Gasteiger partial charge is 0.349 e. The maximum atomic E-state index is 13.0. The summed E-state index contributed by atoms with van der Waals surface area (Å²) < 4.78 is 14.5. The van der Waals surface area contributed by atoms with Gasteiger partial charge in [-0.2, -0.15) is 0 Å². The van der Waals surface area contributed by atoms with Crippen LogP contribution in [0.3, 0.4) is 0 Å². The van der Waals surface area contributed by atoms with Gasteiger partial charge < -0.3 is 5.32 Å². The van der Waals surface area contributed by atoms with Gasteiger partial charge in [0.05, 0.1) is 5.69 Å². The summed E-state index contributed by atoms with van der Waals surface area (Å²) in [6.45, 7) is 2.25. The van der Waals surface area contributed by atoms with Gasteiger partial charge in [-0.05, 0) is 43.2 Å². The molecule has 0 atom stereocenters. The number of carbonyl (C=O) groups is 1. The van der Waals surface area contributed by atoms with E-state index in [9.17, 15) is 9.18 Å². The van der Waals surface area contributed by atoms with E-state index >= 15 is 0 Å². The van der Waals surface area contributed by atoms with Gasteiger partial charge >= 0.3 is 0 Å². The number of hydrogen-bond donors (Lipinski definition) is 1. The Balaban J connectivity index is 1.65. The van der Waals surface area contributed by atoms with Crippen molar-refractivity contribution in [3.8, 4) is 5.69 Å². The van der Waals surface area contributed by atoms with Crippen molar-refractivity contribution < 1.29 is 9.18 Å². The van der Waals surface area contributed by atoms with Gasteiger partial charge in [-0.15, -0.1) is 5.10 Å². The van der Waals surface area contributed by atoms with E-state index in [1.165, 1.54) is 16.8 Å². The molecule has 1 heterocycles. The fourth-order valence-corrected chi connectivity index (χ4v) is 2.36. The fourth-order valence-electron chi connectivity index (χ4n) is 2.36. The van der Waals surface area contributed by atoms with E-state index in [1.807, 2.05) is 30.3 Å². The maximum absolute atomic E-state index is 13.0. The van der Waals surface area contributed by atoms with Crippen molar-refractivity contribution in [3.05, 3.63) is 77.6 Å². The second kappa shape index (κ2) is 7.04. The standard InChI is InChI=1S/C18H17FN4O/c1-13-21-17(22-23(13)16-9-7-15(19)8-10-16)18(24)20-12-11-14-5-3-2-4-6-14/h2-10H,11-12H2,1H3,(H,20,24). The van der Waals surface area contributed by atoms with Gasteiger partial charge in [0, 0.05) is 6.54 Å². The molecule has 24 heavy (non-hydrogen) atoms. The van der Waals surface area contributed by atoms with Crippen LogP contribution in [0.2, 0.25) is 0 Å². The molecule has 0 fully saturated rings. The smallest absolute Gasteiger partial charge is 0.290 e. The summed E-state index contributed by atoms with van der Waals surface area (Å²) in [5.41, 5.74) is 1.81. The molecule has 0 spiro atoms. The Morgan fingerprint density at radius 2 is 1.83 bits per heavy atom. The molecule has 0 saturated carbocycles. The highest BCUT2D eigenvalue weighted by Gasteiger charge is 2.14. The van der Waals surface area contributed by atoms with Crippen LogP contribution in [0.25, 0.3) is 5.69 Å².